The quantitative estimate of drug-likeness (QED) is 0.127. The van der Waals surface area contributed by atoms with Gasteiger partial charge >= 0.3 is 0 Å². The molecule has 12 heteroatoms. The number of hydrogen-bond acceptors (Lipinski definition) is 5. The topological polar surface area (TPSA) is 64.5 Å². The van der Waals surface area contributed by atoms with Crippen LogP contribution >= 0.6 is 0 Å². The second kappa shape index (κ2) is 38.4. The summed E-state index contributed by atoms with van der Waals surface area (Å²) in [5.41, 5.74) is 10.7. The van der Waals surface area contributed by atoms with E-state index in [1.54, 1.807) is 31.3 Å². The Bertz CT molecular complexity index is 7470. The van der Waals surface area contributed by atoms with Crippen LogP contribution in [0.1, 0.15) is 31.9 Å². The van der Waals surface area contributed by atoms with Crippen LogP contribution in [0, 0.1) is 48.9 Å². The average molecular weight is 2440 g/mol. The molecule has 5 radical (unpaired) electrons. The van der Waals surface area contributed by atoms with Gasteiger partial charge in [-0.3, -0.25) is 8.78 Å². The van der Waals surface area contributed by atoms with Crippen molar-refractivity contribution in [3.8, 4) is 56.3 Å². The maximum Gasteiger partial charge on any atom is 0.0408 e. The molecule has 17 aromatic carbocycles. The summed E-state index contributed by atoms with van der Waals surface area (Å²) >= 11 is 0. The molecule has 593 valence electrons. The van der Waals surface area contributed by atoms with E-state index in [0.717, 1.165) is 77.3 Å². The van der Waals surface area contributed by atoms with Crippen molar-refractivity contribution in [1.82, 2.24) is 24.9 Å². The van der Waals surface area contributed by atoms with E-state index < -0.39 is 0 Å². The molecule has 0 saturated carbocycles. The van der Waals surface area contributed by atoms with Crippen LogP contribution in [0.4, 0.5) is 8.78 Å². The normalized spacial score (nSPS) is 10.9. The van der Waals surface area contributed by atoms with E-state index in [1.807, 2.05) is 73.3 Å². The Balaban J connectivity index is 0.000000128. The number of hydrogen-bond donors (Lipinski definition) is 0. The Morgan fingerprint density at radius 3 is 0.958 bits per heavy atom. The third kappa shape index (κ3) is 18.4. The number of aryl methyl sites for hydroxylation is 1. The predicted molar refractivity (Wildman–Crippen MR) is 476 cm³/mol. The van der Waals surface area contributed by atoms with E-state index in [2.05, 4.69) is 326 Å². The maximum absolute atomic E-state index is 13.9. The standard InChI is InChI=1S/2C23H14N.C23H20N.C20H13FN.C19H11FN.5Ir/c1-3-9-19-16(6-1)8-5-11-21(19)23-14-22-18(15-24-23)13-12-17-7-2-4-10-20(17)22;1-2-7-18-13-19(11-9-16(18)5-1)23-14-22-20(15-24-23)12-10-17-6-3-4-8-21(17)22;1-23(2,3)19-12-10-17(11-13-19)22-14-21-18(15-24-22)9-8-16-6-4-5-7-20(16)21;1-13-10-15(8-9-19(13)21)20-11-18-16(12-22-20)7-6-14-4-2-3-5-17(14)18;20-18-8-4-3-7-16(18)19-11-17-14(12-21-19)10-9-13-5-1-2-6-15(13)17;;;;;/h2*1-10,12-15H;4-10,12-15H,1-3H3;2-7,9-12H,1H3;1-6,8-12H;;;;;/q5*-1;;;;;. The molecular formula is C108H72F2Ir5N5-5. The van der Waals surface area contributed by atoms with E-state index in [-0.39, 0.29) is 118 Å². The molecular weight excluding hydrogens is 2370 g/mol. The molecule has 0 aliphatic rings. The van der Waals surface area contributed by atoms with Crippen molar-refractivity contribution >= 4 is 129 Å². The first kappa shape index (κ1) is 86.6. The van der Waals surface area contributed by atoms with Crippen LogP contribution in [0.2, 0.25) is 0 Å². The van der Waals surface area contributed by atoms with Crippen molar-refractivity contribution in [2.45, 2.75) is 33.1 Å². The second-order valence-corrected chi connectivity index (χ2v) is 29.8. The number of rotatable bonds is 5. The number of benzene rings is 17. The first-order valence-electron chi connectivity index (χ1n) is 38.4. The van der Waals surface area contributed by atoms with E-state index in [1.165, 1.54) is 115 Å². The summed E-state index contributed by atoms with van der Waals surface area (Å²) in [6, 6.07) is 129. The third-order valence-corrected chi connectivity index (χ3v) is 21.5. The van der Waals surface area contributed by atoms with Gasteiger partial charge in [0.1, 0.15) is 0 Å². The molecule has 0 fully saturated rings. The zero-order chi connectivity index (χ0) is 77.9. The summed E-state index contributed by atoms with van der Waals surface area (Å²) in [5.74, 6) is -0.542. The minimum absolute atomic E-state index is 0. The summed E-state index contributed by atoms with van der Waals surface area (Å²) in [6.45, 7) is 8.41. The molecule has 0 bridgehead atoms. The number of fused-ring (bicyclic) bond motifs is 17. The molecule has 0 atom stereocenters. The van der Waals surface area contributed by atoms with Gasteiger partial charge in [0.25, 0.3) is 0 Å². The number of halogens is 2. The Labute approximate surface area is 763 Å². The summed E-state index contributed by atoms with van der Waals surface area (Å²) in [6.07, 6.45) is 9.54. The molecule has 0 N–H and O–H groups in total. The van der Waals surface area contributed by atoms with Gasteiger partial charge in [-0.15, -0.1) is 142 Å². The van der Waals surface area contributed by atoms with Crippen LogP contribution in [-0.2, 0) is 106 Å². The van der Waals surface area contributed by atoms with Crippen molar-refractivity contribution in [1.29, 1.82) is 0 Å². The largest absolute Gasteiger partial charge is 0.304 e. The van der Waals surface area contributed by atoms with Gasteiger partial charge in [0, 0.05) is 143 Å². The van der Waals surface area contributed by atoms with Gasteiger partial charge in [0.15, 0.2) is 0 Å². The zero-order valence-electron chi connectivity index (χ0n) is 65.3. The average Bonchev–Trinajstić information content (AvgIpc) is 0.787. The van der Waals surface area contributed by atoms with E-state index in [4.69, 9.17) is 4.98 Å². The fourth-order valence-corrected chi connectivity index (χ4v) is 15.3. The van der Waals surface area contributed by atoms with Crippen LogP contribution in [0.25, 0.3) is 186 Å². The SMILES string of the molecule is CC(C)(C)c1c[c-]c(-c2cc3c(ccc4ccccc43)cn2)cc1.Cc1cc(-c2cc3c(ccc4ccccc43)cn2)[c-]cc1F.Fc1ccc[c-]c1-c1cc2c(ccc3ccccc32)cn1.[Ir].[Ir].[Ir].[Ir].[Ir].[c-]1cc2ccccc2cc1-c1cc2c(ccc3ccccc32)cn1.[c-]1ccc2ccccc2c1-c1cc2c(ccc3ccccc32)cn1. The number of pyridine rings is 5. The van der Waals surface area contributed by atoms with Crippen LogP contribution < -0.4 is 0 Å². The molecule has 0 aliphatic carbocycles. The number of aromatic nitrogens is 5. The predicted octanol–water partition coefficient (Wildman–Crippen LogP) is 28.5. The molecule has 0 saturated heterocycles. The minimum Gasteiger partial charge on any atom is -0.304 e. The Kier molecular flexibility index (Phi) is 27.7. The summed E-state index contributed by atoms with van der Waals surface area (Å²) in [4.78, 5) is 22.9. The molecule has 0 spiro atoms. The van der Waals surface area contributed by atoms with Crippen LogP contribution in [0.3, 0.4) is 0 Å². The molecule has 0 amide bonds. The van der Waals surface area contributed by atoms with Gasteiger partial charge in [-0.2, -0.15) is 0 Å². The minimum atomic E-state index is -0.301. The van der Waals surface area contributed by atoms with Crippen molar-refractivity contribution < 1.29 is 109 Å². The molecule has 22 aromatic rings. The van der Waals surface area contributed by atoms with E-state index in [9.17, 15) is 8.78 Å². The van der Waals surface area contributed by atoms with Gasteiger partial charge in [0.2, 0.25) is 0 Å². The molecule has 0 unspecified atom stereocenters. The van der Waals surface area contributed by atoms with Crippen molar-refractivity contribution in [3.05, 3.63) is 418 Å². The first-order chi connectivity index (χ1) is 56.3. The fraction of sp³-hybridized carbons (Fsp3) is 0.0463. The van der Waals surface area contributed by atoms with Gasteiger partial charge in [-0.1, -0.05) is 310 Å². The fourth-order valence-electron chi connectivity index (χ4n) is 15.3. The molecule has 120 heavy (non-hydrogen) atoms. The van der Waals surface area contributed by atoms with Crippen molar-refractivity contribution in [2.24, 2.45) is 0 Å². The van der Waals surface area contributed by atoms with Crippen molar-refractivity contribution in [2.75, 3.05) is 0 Å². The van der Waals surface area contributed by atoms with Crippen molar-refractivity contribution in [3.63, 3.8) is 0 Å². The van der Waals surface area contributed by atoms with Gasteiger partial charge in [-0.25, -0.2) is 0 Å². The molecule has 5 heterocycles. The first-order valence-corrected chi connectivity index (χ1v) is 38.4. The van der Waals surface area contributed by atoms with Crippen LogP contribution in [0.5, 0.6) is 0 Å². The molecule has 5 nitrogen and oxygen atoms in total. The summed E-state index contributed by atoms with van der Waals surface area (Å²) in [7, 11) is 0. The Morgan fingerprint density at radius 1 is 0.233 bits per heavy atom. The summed E-state index contributed by atoms with van der Waals surface area (Å²) < 4.78 is 27.3. The Morgan fingerprint density at radius 2 is 0.558 bits per heavy atom. The van der Waals surface area contributed by atoms with Crippen LogP contribution in [-0.4, -0.2) is 24.9 Å². The van der Waals surface area contributed by atoms with Crippen LogP contribution in [0.15, 0.2) is 365 Å². The van der Waals surface area contributed by atoms with Gasteiger partial charge < -0.3 is 24.9 Å². The molecule has 22 rings (SSSR count). The Hall–Kier alpha value is -11.3. The molecule has 0 aliphatic heterocycles. The second-order valence-electron chi connectivity index (χ2n) is 29.8. The zero-order valence-corrected chi connectivity index (χ0v) is 77.3. The third-order valence-electron chi connectivity index (χ3n) is 21.5. The van der Waals surface area contributed by atoms with Gasteiger partial charge in [0.05, 0.1) is 0 Å². The smallest absolute Gasteiger partial charge is 0.0408 e. The van der Waals surface area contributed by atoms with Gasteiger partial charge in [-0.05, 0) is 142 Å². The maximum atomic E-state index is 13.9. The summed E-state index contributed by atoms with van der Waals surface area (Å²) in [5, 5.41) is 28.7. The van der Waals surface area contributed by atoms with E-state index >= 15 is 0 Å². The van der Waals surface area contributed by atoms with E-state index in [0.29, 0.717) is 16.8 Å². The number of nitrogens with zero attached hydrogens (tertiary/aromatic N) is 5. The monoisotopic (exact) mass is 2440 g/mol. The molecule has 5 aromatic heterocycles.